The zero-order valence-corrected chi connectivity index (χ0v) is 29.6. The van der Waals surface area contributed by atoms with Crippen LogP contribution in [0.2, 0.25) is 0 Å². The molecule has 5 aromatic carbocycles. The van der Waals surface area contributed by atoms with Gasteiger partial charge in [0.15, 0.2) is 5.16 Å². The van der Waals surface area contributed by atoms with Crippen molar-refractivity contribution in [3.63, 3.8) is 0 Å². The van der Waals surface area contributed by atoms with E-state index in [0.29, 0.717) is 46.9 Å². The third-order valence-electron chi connectivity index (χ3n) is 9.87. The van der Waals surface area contributed by atoms with Crippen molar-refractivity contribution < 1.29 is 36.2 Å². The number of aliphatic hydroxyl groups is 1. The molecule has 0 spiro atoms. The van der Waals surface area contributed by atoms with Gasteiger partial charge in [-0.2, -0.15) is 26.3 Å². The van der Waals surface area contributed by atoms with Crippen molar-refractivity contribution in [1.82, 2.24) is 14.9 Å². The number of alkyl halides is 6. The minimum atomic E-state index is -4.52. The molecule has 7 rings (SSSR count). The summed E-state index contributed by atoms with van der Waals surface area (Å²) < 4.78 is 81.5. The molecular formula is C41H34F6N4O2S. The van der Waals surface area contributed by atoms with Crippen molar-refractivity contribution in [3.05, 3.63) is 138 Å². The smallest absolute Gasteiger partial charge is 0.377 e. The van der Waals surface area contributed by atoms with Gasteiger partial charge in [0.25, 0.3) is 5.91 Å². The Hall–Kier alpha value is -5.11. The van der Waals surface area contributed by atoms with Gasteiger partial charge in [0, 0.05) is 17.8 Å². The fraction of sp³-hybridized carbons (Fsp3) is 0.220. The molecule has 0 radical (unpaired) electrons. The van der Waals surface area contributed by atoms with Crippen LogP contribution in [0.1, 0.15) is 39.9 Å². The fourth-order valence-electron chi connectivity index (χ4n) is 7.49. The van der Waals surface area contributed by atoms with E-state index in [2.05, 4.69) is 10.6 Å². The summed E-state index contributed by atoms with van der Waals surface area (Å²) in [7, 11) is 0. The second-order valence-corrected chi connectivity index (χ2v) is 13.9. The van der Waals surface area contributed by atoms with Gasteiger partial charge in [-0.05, 0) is 88.9 Å². The maximum absolute atomic E-state index is 13.5. The number of aliphatic hydroxyl groups excluding tert-OH is 1. The van der Waals surface area contributed by atoms with Crippen molar-refractivity contribution >= 4 is 34.4 Å². The topological polar surface area (TPSA) is 79.2 Å². The van der Waals surface area contributed by atoms with E-state index in [0.717, 1.165) is 39.9 Å². The summed E-state index contributed by atoms with van der Waals surface area (Å²) in [6.45, 7) is -0.903. The first kappa shape index (κ1) is 37.2. The van der Waals surface area contributed by atoms with Gasteiger partial charge in [-0.1, -0.05) is 90.6 Å². The predicted molar refractivity (Wildman–Crippen MR) is 198 cm³/mol. The number of rotatable bonds is 11. The second-order valence-electron chi connectivity index (χ2n) is 13.1. The molecule has 0 bridgehead atoms. The molecule has 0 aliphatic heterocycles. The minimum absolute atomic E-state index is 0.281. The average Bonchev–Trinajstić information content (AvgIpc) is 3.66. The number of carbonyl (C=O) groups is 1. The third-order valence-corrected chi connectivity index (χ3v) is 10.5. The molecule has 278 valence electrons. The van der Waals surface area contributed by atoms with E-state index in [9.17, 15) is 36.2 Å². The summed E-state index contributed by atoms with van der Waals surface area (Å²) in [6, 6.07) is 31.6. The van der Waals surface area contributed by atoms with Gasteiger partial charge in [-0.15, -0.1) is 0 Å². The lowest BCUT2D eigenvalue weighted by Crippen LogP contribution is -2.51. The van der Waals surface area contributed by atoms with Gasteiger partial charge in [0.05, 0.1) is 28.6 Å². The van der Waals surface area contributed by atoms with Crippen molar-refractivity contribution in [2.45, 2.75) is 48.5 Å². The fourth-order valence-corrected chi connectivity index (χ4v) is 8.09. The lowest BCUT2D eigenvalue weighted by Gasteiger charge is -2.37. The molecule has 54 heavy (non-hydrogen) atoms. The molecule has 1 aliphatic rings. The quantitative estimate of drug-likeness (QED) is 0.0697. The first-order valence-electron chi connectivity index (χ1n) is 17.1. The largest absolute Gasteiger partial charge is 0.416 e. The molecule has 1 heterocycles. The van der Waals surface area contributed by atoms with E-state index >= 15 is 0 Å². The van der Waals surface area contributed by atoms with Crippen LogP contribution in [0.25, 0.3) is 33.3 Å². The van der Waals surface area contributed by atoms with Crippen LogP contribution in [0.15, 0.2) is 120 Å². The van der Waals surface area contributed by atoms with Crippen LogP contribution in [0.5, 0.6) is 0 Å². The number of aromatic nitrogens is 2. The molecule has 3 N–H and O–H groups in total. The number of amides is 1. The highest BCUT2D eigenvalue weighted by Gasteiger charge is 2.48. The van der Waals surface area contributed by atoms with Crippen LogP contribution >= 0.6 is 11.8 Å². The SMILES string of the molecule is CSc1nc2cc(NC(=O)c3ccccc3-c3ccc(C(F)(F)F)cc3)ccc2n1CCCC1(C(O)NCC(F)(F)F)c2ccccc2-c2ccccc21. The Labute approximate surface area is 311 Å². The minimum Gasteiger partial charge on any atom is -0.377 e. The van der Waals surface area contributed by atoms with E-state index in [1.54, 1.807) is 36.4 Å². The molecule has 6 aromatic rings. The highest BCUT2D eigenvalue weighted by atomic mass is 32.2. The number of hydrogen-bond acceptors (Lipinski definition) is 5. The Balaban J connectivity index is 1.14. The highest BCUT2D eigenvalue weighted by molar-refractivity contribution is 7.98. The number of nitrogens with zero attached hydrogens (tertiary/aromatic N) is 2. The van der Waals surface area contributed by atoms with Gasteiger partial charge >= 0.3 is 12.4 Å². The van der Waals surface area contributed by atoms with E-state index < -0.39 is 42.0 Å². The number of anilines is 1. The monoisotopic (exact) mass is 760 g/mol. The number of benzene rings is 5. The molecule has 1 atom stereocenters. The Morgan fingerprint density at radius 2 is 1.44 bits per heavy atom. The Bertz CT molecular complexity index is 2270. The molecule has 1 aromatic heterocycles. The Kier molecular flexibility index (Phi) is 10.1. The van der Waals surface area contributed by atoms with Gasteiger partial charge in [0.2, 0.25) is 0 Å². The second kappa shape index (κ2) is 14.6. The number of nitrogens with one attached hydrogen (secondary N) is 2. The van der Waals surface area contributed by atoms with E-state index in [4.69, 9.17) is 4.98 Å². The van der Waals surface area contributed by atoms with Crippen molar-refractivity contribution in [3.8, 4) is 22.3 Å². The van der Waals surface area contributed by atoms with Gasteiger partial charge < -0.3 is 15.0 Å². The summed E-state index contributed by atoms with van der Waals surface area (Å²) in [6.07, 6.45) is -7.84. The first-order valence-corrected chi connectivity index (χ1v) is 18.3. The lowest BCUT2D eigenvalue weighted by molar-refractivity contribution is -0.137. The van der Waals surface area contributed by atoms with E-state index in [1.165, 1.54) is 23.9 Å². The van der Waals surface area contributed by atoms with Crippen molar-refractivity contribution in [2.24, 2.45) is 0 Å². The number of imidazole rings is 1. The van der Waals surface area contributed by atoms with Crippen LogP contribution in [0, 0.1) is 0 Å². The van der Waals surface area contributed by atoms with Crippen LogP contribution in [0.3, 0.4) is 0 Å². The molecule has 13 heteroatoms. The average molecular weight is 761 g/mol. The highest BCUT2D eigenvalue weighted by Crippen LogP contribution is 2.53. The third kappa shape index (κ3) is 7.10. The zero-order chi connectivity index (χ0) is 38.3. The lowest BCUT2D eigenvalue weighted by atomic mass is 9.72. The zero-order valence-electron chi connectivity index (χ0n) is 28.8. The van der Waals surface area contributed by atoms with Crippen LogP contribution in [-0.2, 0) is 18.1 Å². The summed E-state index contributed by atoms with van der Waals surface area (Å²) in [4.78, 5) is 18.3. The summed E-state index contributed by atoms with van der Waals surface area (Å²) in [5, 5.41) is 17.5. The van der Waals surface area contributed by atoms with Crippen LogP contribution in [-0.4, -0.2) is 45.8 Å². The molecule has 1 aliphatic carbocycles. The number of fused-ring (bicyclic) bond motifs is 4. The molecule has 1 unspecified atom stereocenters. The van der Waals surface area contributed by atoms with Crippen LogP contribution < -0.4 is 10.6 Å². The maximum Gasteiger partial charge on any atom is 0.416 e. The van der Waals surface area contributed by atoms with Crippen molar-refractivity contribution in [1.29, 1.82) is 0 Å². The standard InChI is InChI=1S/C41H34F6N4O2S/c1-54-38-50-34-23-27(49-36(52)31-12-3-2-9-28(31)25-15-17-26(18-16-25)41(45,46)47)19-20-35(34)51(38)22-8-21-39(37(53)48-24-40(42,43)44)32-13-6-4-10-29(32)30-11-5-7-14-33(30)39/h2-7,9-20,23,37,48,53H,8,21-22,24H2,1H3,(H,49,52). The number of hydrogen-bond donors (Lipinski definition) is 3. The van der Waals surface area contributed by atoms with Gasteiger partial charge in [-0.3, -0.25) is 10.1 Å². The molecule has 6 nitrogen and oxygen atoms in total. The van der Waals surface area contributed by atoms with Gasteiger partial charge in [-0.25, -0.2) is 4.98 Å². The number of carbonyl (C=O) groups excluding carboxylic acids is 1. The molecule has 0 fully saturated rings. The summed E-state index contributed by atoms with van der Waals surface area (Å²) in [5.41, 5.74) is 4.38. The van der Waals surface area contributed by atoms with Gasteiger partial charge in [0.1, 0.15) is 6.23 Å². The van der Waals surface area contributed by atoms with E-state index in [1.807, 2.05) is 65.4 Å². The van der Waals surface area contributed by atoms with Crippen molar-refractivity contribution in [2.75, 3.05) is 18.1 Å². The first-order chi connectivity index (χ1) is 25.8. The molecule has 1 amide bonds. The van der Waals surface area contributed by atoms with Crippen LogP contribution in [0.4, 0.5) is 32.0 Å². The number of thioether (sulfide) groups is 1. The molecular weight excluding hydrogens is 727 g/mol. The molecule has 0 saturated carbocycles. The summed E-state index contributed by atoms with van der Waals surface area (Å²) in [5.74, 6) is -0.450. The number of halogens is 6. The Morgan fingerprint density at radius 1 is 0.833 bits per heavy atom. The summed E-state index contributed by atoms with van der Waals surface area (Å²) >= 11 is 1.42. The predicted octanol–water partition coefficient (Wildman–Crippen LogP) is 9.91. The normalized spacial score (nSPS) is 14.1. The Morgan fingerprint density at radius 3 is 2.06 bits per heavy atom. The van der Waals surface area contributed by atoms with E-state index in [-0.39, 0.29) is 5.56 Å². The number of aryl methyl sites for hydroxylation is 1. The maximum atomic E-state index is 13.5. The molecule has 0 saturated heterocycles.